The molecule has 2 aromatic rings. The molecule has 0 atom stereocenters. The largest absolute Gasteiger partial charge is 0.618 e. The standard InChI is InChI=1S/C20H16F3NO2/c21-20(22,23)17-6-8-18(9-7-17)24(26)14-16-5-2-1-4-15(16)10-13-19(25)11-3-12-19/h1-2,4-9,14,25H,3,11-12H2/b24-14-. The van der Waals surface area contributed by atoms with Gasteiger partial charge in [0, 0.05) is 17.7 Å². The Hall–Kier alpha value is -2.78. The van der Waals surface area contributed by atoms with E-state index in [2.05, 4.69) is 11.8 Å². The van der Waals surface area contributed by atoms with E-state index in [0.717, 1.165) is 30.7 Å². The van der Waals surface area contributed by atoms with Crippen molar-refractivity contribution in [3.8, 4) is 11.8 Å². The van der Waals surface area contributed by atoms with Gasteiger partial charge in [-0.05, 0) is 43.5 Å². The molecule has 0 heterocycles. The second-order valence-corrected chi connectivity index (χ2v) is 6.22. The van der Waals surface area contributed by atoms with Crippen LogP contribution in [0.4, 0.5) is 18.9 Å². The monoisotopic (exact) mass is 359 g/mol. The lowest BCUT2D eigenvalue weighted by atomic mass is 9.81. The van der Waals surface area contributed by atoms with Gasteiger partial charge in [-0.1, -0.05) is 24.0 Å². The molecule has 1 aliphatic rings. The Kier molecular flexibility index (Phi) is 4.75. The summed E-state index contributed by atoms with van der Waals surface area (Å²) in [6.45, 7) is 0. The van der Waals surface area contributed by atoms with Crippen molar-refractivity contribution in [2.24, 2.45) is 0 Å². The summed E-state index contributed by atoms with van der Waals surface area (Å²) in [4.78, 5) is 0. The van der Waals surface area contributed by atoms with Gasteiger partial charge in [-0.2, -0.15) is 17.9 Å². The fourth-order valence-electron chi connectivity index (χ4n) is 2.54. The van der Waals surface area contributed by atoms with Gasteiger partial charge in [0.1, 0.15) is 5.60 Å². The zero-order valence-electron chi connectivity index (χ0n) is 13.8. The molecule has 1 N–H and O–H groups in total. The number of halogens is 3. The number of hydrogen-bond donors (Lipinski definition) is 1. The van der Waals surface area contributed by atoms with E-state index in [0.29, 0.717) is 28.7 Å². The summed E-state index contributed by atoms with van der Waals surface area (Å²) in [6, 6.07) is 10.9. The highest BCUT2D eigenvalue weighted by atomic mass is 19.4. The third kappa shape index (κ3) is 4.06. The lowest BCUT2D eigenvalue weighted by Crippen LogP contribution is -2.34. The molecule has 3 nitrogen and oxygen atoms in total. The molecule has 1 saturated carbocycles. The Bertz CT molecular complexity index is 886. The third-order valence-electron chi connectivity index (χ3n) is 4.28. The number of hydrogen-bond acceptors (Lipinski definition) is 2. The fourth-order valence-corrected chi connectivity index (χ4v) is 2.54. The molecule has 1 aliphatic carbocycles. The first-order chi connectivity index (χ1) is 12.3. The molecule has 1 fully saturated rings. The molecule has 0 unspecified atom stereocenters. The molecule has 2 aromatic carbocycles. The number of alkyl halides is 3. The van der Waals surface area contributed by atoms with E-state index >= 15 is 0 Å². The van der Waals surface area contributed by atoms with Gasteiger partial charge in [-0.3, -0.25) is 0 Å². The zero-order chi connectivity index (χ0) is 18.8. The molecule has 0 amide bonds. The van der Waals surface area contributed by atoms with Crippen LogP contribution >= 0.6 is 0 Å². The van der Waals surface area contributed by atoms with Crippen molar-refractivity contribution in [2.75, 3.05) is 0 Å². The summed E-state index contributed by atoms with van der Waals surface area (Å²) in [7, 11) is 0. The van der Waals surface area contributed by atoms with Crippen LogP contribution in [0.3, 0.4) is 0 Å². The summed E-state index contributed by atoms with van der Waals surface area (Å²) in [5.41, 5.74) is -0.594. The highest BCUT2D eigenvalue weighted by Crippen LogP contribution is 2.31. The Morgan fingerprint density at radius 2 is 1.73 bits per heavy atom. The predicted octanol–water partition coefficient (Wildman–Crippen LogP) is 4.23. The van der Waals surface area contributed by atoms with E-state index in [-0.39, 0.29) is 5.69 Å². The quantitative estimate of drug-likeness (QED) is 0.287. The minimum Gasteiger partial charge on any atom is -0.618 e. The summed E-state index contributed by atoms with van der Waals surface area (Å²) >= 11 is 0. The van der Waals surface area contributed by atoms with E-state index in [1.807, 2.05) is 0 Å². The van der Waals surface area contributed by atoms with Crippen LogP contribution < -0.4 is 0 Å². The van der Waals surface area contributed by atoms with Crippen LogP contribution in [0.2, 0.25) is 0 Å². The van der Waals surface area contributed by atoms with Crippen molar-refractivity contribution in [3.05, 3.63) is 70.4 Å². The van der Waals surface area contributed by atoms with Gasteiger partial charge in [-0.15, -0.1) is 0 Å². The Morgan fingerprint density at radius 3 is 2.31 bits per heavy atom. The van der Waals surface area contributed by atoms with Gasteiger partial charge < -0.3 is 10.3 Å². The van der Waals surface area contributed by atoms with Crippen molar-refractivity contribution >= 4 is 11.9 Å². The second kappa shape index (κ2) is 6.85. The summed E-state index contributed by atoms with van der Waals surface area (Å²) in [6.07, 6.45) is -0.991. The van der Waals surface area contributed by atoms with E-state index in [4.69, 9.17) is 0 Å². The van der Waals surface area contributed by atoms with Crippen LogP contribution in [-0.2, 0) is 6.18 Å². The number of aliphatic hydroxyl groups is 1. The maximum Gasteiger partial charge on any atom is 0.416 e. The van der Waals surface area contributed by atoms with E-state index in [1.54, 1.807) is 24.3 Å². The fraction of sp³-hybridized carbons (Fsp3) is 0.250. The molecule has 134 valence electrons. The molecular formula is C20H16F3NO2. The van der Waals surface area contributed by atoms with Gasteiger partial charge in [0.2, 0.25) is 5.69 Å². The average molecular weight is 359 g/mol. The van der Waals surface area contributed by atoms with E-state index in [1.165, 1.54) is 6.21 Å². The van der Waals surface area contributed by atoms with Gasteiger partial charge >= 0.3 is 6.18 Å². The van der Waals surface area contributed by atoms with Crippen LogP contribution in [0.5, 0.6) is 0 Å². The molecule has 26 heavy (non-hydrogen) atoms. The number of rotatable bonds is 2. The van der Waals surface area contributed by atoms with Crippen molar-refractivity contribution in [1.82, 2.24) is 0 Å². The molecule has 0 aliphatic heterocycles. The molecule has 6 heteroatoms. The molecule has 0 bridgehead atoms. The smallest absolute Gasteiger partial charge is 0.416 e. The lowest BCUT2D eigenvalue weighted by molar-refractivity contribution is -0.354. The number of nitrogens with zero attached hydrogens (tertiary/aromatic N) is 1. The predicted molar refractivity (Wildman–Crippen MR) is 92.0 cm³/mol. The minimum absolute atomic E-state index is 0.0818. The van der Waals surface area contributed by atoms with Gasteiger partial charge in [0.15, 0.2) is 6.21 Å². The van der Waals surface area contributed by atoms with Crippen molar-refractivity contribution < 1.29 is 23.0 Å². The van der Waals surface area contributed by atoms with Crippen LogP contribution in [0.15, 0.2) is 48.5 Å². The highest BCUT2D eigenvalue weighted by Gasteiger charge is 2.32. The Balaban J connectivity index is 1.87. The third-order valence-corrected chi connectivity index (χ3v) is 4.28. The lowest BCUT2D eigenvalue weighted by Gasteiger charge is -2.30. The highest BCUT2D eigenvalue weighted by molar-refractivity contribution is 5.81. The minimum atomic E-state index is -4.44. The molecule has 0 spiro atoms. The van der Waals surface area contributed by atoms with Gasteiger partial charge in [0.05, 0.1) is 11.1 Å². The SMILES string of the molecule is [O-]/[N+](=C\c1ccccc1C#CC1(O)CCC1)c1ccc(C(F)(F)F)cc1. The second-order valence-electron chi connectivity index (χ2n) is 6.22. The van der Waals surface area contributed by atoms with E-state index < -0.39 is 17.3 Å². The van der Waals surface area contributed by atoms with Crippen LogP contribution in [0, 0.1) is 17.0 Å². The first kappa shape index (κ1) is 18.0. The maximum atomic E-state index is 12.6. The molecule has 0 aromatic heterocycles. The normalized spacial score (nSPS) is 16.4. The van der Waals surface area contributed by atoms with Crippen LogP contribution in [0.25, 0.3) is 0 Å². The summed E-state index contributed by atoms with van der Waals surface area (Å²) in [5.74, 6) is 5.73. The van der Waals surface area contributed by atoms with Crippen LogP contribution in [0.1, 0.15) is 36.0 Å². The maximum absolute atomic E-state index is 12.6. The first-order valence-electron chi connectivity index (χ1n) is 8.10. The number of benzene rings is 2. The Morgan fingerprint density at radius 1 is 1.08 bits per heavy atom. The van der Waals surface area contributed by atoms with Crippen molar-refractivity contribution in [1.29, 1.82) is 0 Å². The molecule has 3 rings (SSSR count). The molecular weight excluding hydrogens is 343 g/mol. The Labute approximate surface area is 149 Å². The van der Waals surface area contributed by atoms with Crippen LogP contribution in [-0.4, -0.2) is 21.7 Å². The van der Waals surface area contributed by atoms with Gasteiger partial charge in [-0.25, -0.2) is 0 Å². The van der Waals surface area contributed by atoms with Crippen molar-refractivity contribution in [2.45, 2.75) is 31.0 Å². The topological polar surface area (TPSA) is 46.3 Å². The average Bonchev–Trinajstić information content (AvgIpc) is 2.58. The summed E-state index contributed by atoms with van der Waals surface area (Å²) in [5, 5.41) is 22.3. The van der Waals surface area contributed by atoms with E-state index in [9.17, 15) is 23.5 Å². The molecule has 0 saturated heterocycles. The summed E-state index contributed by atoms with van der Waals surface area (Å²) < 4.78 is 38.3. The van der Waals surface area contributed by atoms with Gasteiger partial charge in [0.25, 0.3) is 0 Å². The molecule has 0 radical (unpaired) electrons. The van der Waals surface area contributed by atoms with Crippen molar-refractivity contribution in [3.63, 3.8) is 0 Å². The zero-order valence-corrected chi connectivity index (χ0v) is 13.8. The first-order valence-corrected chi connectivity index (χ1v) is 8.10.